The molecule has 2 N–H and O–H groups in total. The van der Waals surface area contributed by atoms with Gasteiger partial charge in [-0.05, 0) is 53.4 Å². The summed E-state index contributed by atoms with van der Waals surface area (Å²) in [6, 6.07) is 3.69. The third-order valence-electron chi connectivity index (χ3n) is 3.68. The van der Waals surface area contributed by atoms with Gasteiger partial charge >= 0.3 is 0 Å². The van der Waals surface area contributed by atoms with Crippen LogP contribution < -0.4 is 10.6 Å². The van der Waals surface area contributed by atoms with E-state index in [0.717, 1.165) is 35.7 Å². The highest BCUT2D eigenvalue weighted by molar-refractivity contribution is 9.10. The van der Waals surface area contributed by atoms with Gasteiger partial charge in [-0.25, -0.2) is 0 Å². The first-order valence-electron chi connectivity index (χ1n) is 6.86. The Morgan fingerprint density at radius 1 is 1.25 bits per heavy atom. The molecule has 1 aliphatic rings. The van der Waals surface area contributed by atoms with E-state index in [9.17, 15) is 9.59 Å². The topological polar surface area (TPSA) is 58.2 Å². The number of hydrogen-bond donors (Lipinski definition) is 2. The first-order chi connectivity index (χ1) is 9.52. The van der Waals surface area contributed by atoms with Crippen LogP contribution in [0.3, 0.4) is 0 Å². The van der Waals surface area contributed by atoms with Crippen molar-refractivity contribution in [2.45, 2.75) is 32.6 Å². The second-order valence-corrected chi connectivity index (χ2v) is 6.07. The number of amides is 2. The molecule has 0 unspecified atom stereocenters. The van der Waals surface area contributed by atoms with Crippen molar-refractivity contribution in [3.8, 4) is 0 Å². The van der Waals surface area contributed by atoms with E-state index in [1.54, 1.807) is 13.1 Å². The predicted octanol–water partition coefficient (Wildman–Crippen LogP) is 3.25. The number of hydrogen-bond acceptors (Lipinski definition) is 2. The Kier molecular flexibility index (Phi) is 4.81. The lowest BCUT2D eigenvalue weighted by Gasteiger charge is -2.16. The molecule has 2 rings (SSSR count). The van der Waals surface area contributed by atoms with E-state index in [-0.39, 0.29) is 17.7 Å². The molecule has 1 aliphatic carbocycles. The van der Waals surface area contributed by atoms with Gasteiger partial charge in [-0.2, -0.15) is 0 Å². The molecule has 0 aromatic heterocycles. The Hall–Kier alpha value is -1.36. The number of rotatable bonds is 3. The minimum absolute atomic E-state index is 0.0113. The molecule has 0 radical (unpaired) electrons. The van der Waals surface area contributed by atoms with Crippen molar-refractivity contribution in [1.29, 1.82) is 0 Å². The second kappa shape index (κ2) is 6.39. The molecule has 1 aromatic carbocycles. The molecule has 1 fully saturated rings. The normalized spacial score (nSPS) is 15.2. The number of carbonyl (C=O) groups is 2. The number of halogens is 1. The molecule has 0 spiro atoms. The molecule has 0 atom stereocenters. The number of carbonyl (C=O) groups excluding carboxylic acids is 2. The second-order valence-electron chi connectivity index (χ2n) is 5.22. The third-order valence-corrected chi connectivity index (χ3v) is 4.31. The summed E-state index contributed by atoms with van der Waals surface area (Å²) < 4.78 is 0.738. The van der Waals surface area contributed by atoms with Gasteiger partial charge in [0.05, 0.1) is 11.3 Å². The summed E-state index contributed by atoms with van der Waals surface area (Å²) >= 11 is 3.44. The summed E-state index contributed by atoms with van der Waals surface area (Å²) in [7, 11) is 1.58. The fourth-order valence-electron chi connectivity index (χ4n) is 2.60. The van der Waals surface area contributed by atoms with Gasteiger partial charge in [-0.1, -0.05) is 12.8 Å². The van der Waals surface area contributed by atoms with Crippen LogP contribution in [0.4, 0.5) is 5.69 Å². The summed E-state index contributed by atoms with van der Waals surface area (Å²) in [4.78, 5) is 24.2. The molecule has 20 heavy (non-hydrogen) atoms. The average molecular weight is 339 g/mol. The number of aryl methyl sites for hydroxylation is 1. The highest BCUT2D eigenvalue weighted by Gasteiger charge is 2.25. The lowest BCUT2D eigenvalue weighted by molar-refractivity contribution is -0.119. The standard InChI is InChI=1S/C15H19BrN2O2/c1-9-7-11(15(20)17-2)13(12(16)8-9)18-14(19)10-5-3-4-6-10/h7-8,10H,3-6H2,1-2H3,(H,17,20)(H,18,19). The van der Waals surface area contributed by atoms with E-state index in [1.165, 1.54) is 0 Å². The Labute approximate surface area is 127 Å². The van der Waals surface area contributed by atoms with E-state index < -0.39 is 0 Å². The summed E-state index contributed by atoms with van der Waals surface area (Å²) in [5.74, 6) is -0.117. The Balaban J connectivity index is 2.29. The van der Waals surface area contributed by atoms with Crippen molar-refractivity contribution in [3.05, 3.63) is 27.7 Å². The first kappa shape index (κ1) is 15.0. The van der Waals surface area contributed by atoms with Crippen molar-refractivity contribution < 1.29 is 9.59 Å². The van der Waals surface area contributed by atoms with Crippen molar-refractivity contribution in [1.82, 2.24) is 5.32 Å². The fraction of sp³-hybridized carbons (Fsp3) is 0.467. The number of nitrogens with one attached hydrogen (secondary N) is 2. The zero-order valence-electron chi connectivity index (χ0n) is 11.8. The van der Waals surface area contributed by atoms with E-state index in [2.05, 4.69) is 26.6 Å². The number of anilines is 1. The maximum atomic E-state index is 12.3. The van der Waals surface area contributed by atoms with Crippen LogP contribution in [-0.2, 0) is 4.79 Å². The molecule has 0 heterocycles. The smallest absolute Gasteiger partial charge is 0.253 e. The highest BCUT2D eigenvalue weighted by Crippen LogP contribution is 2.31. The Morgan fingerprint density at radius 3 is 2.50 bits per heavy atom. The van der Waals surface area contributed by atoms with Gasteiger partial charge < -0.3 is 10.6 Å². The van der Waals surface area contributed by atoms with Crippen LogP contribution in [0.15, 0.2) is 16.6 Å². The van der Waals surface area contributed by atoms with Crippen LogP contribution in [0.5, 0.6) is 0 Å². The van der Waals surface area contributed by atoms with Gasteiger partial charge in [0.15, 0.2) is 0 Å². The molecule has 2 amide bonds. The van der Waals surface area contributed by atoms with Crippen molar-refractivity contribution in [2.24, 2.45) is 5.92 Å². The molecule has 4 nitrogen and oxygen atoms in total. The predicted molar refractivity (Wildman–Crippen MR) is 82.9 cm³/mol. The van der Waals surface area contributed by atoms with Crippen molar-refractivity contribution in [2.75, 3.05) is 12.4 Å². The minimum Gasteiger partial charge on any atom is -0.355 e. The van der Waals surface area contributed by atoms with Crippen molar-refractivity contribution in [3.63, 3.8) is 0 Å². The first-order valence-corrected chi connectivity index (χ1v) is 7.65. The van der Waals surface area contributed by atoms with Crippen LogP contribution in [0.2, 0.25) is 0 Å². The molecular formula is C15H19BrN2O2. The number of benzene rings is 1. The molecule has 5 heteroatoms. The summed E-state index contributed by atoms with van der Waals surface area (Å²) in [5, 5.41) is 5.52. The van der Waals surface area contributed by atoms with Gasteiger partial charge in [0.1, 0.15) is 0 Å². The van der Waals surface area contributed by atoms with Gasteiger partial charge in [-0.15, -0.1) is 0 Å². The van der Waals surface area contributed by atoms with Crippen LogP contribution in [0.1, 0.15) is 41.6 Å². The molecule has 1 aromatic rings. The molecule has 0 saturated heterocycles. The highest BCUT2D eigenvalue weighted by atomic mass is 79.9. The Morgan fingerprint density at radius 2 is 1.90 bits per heavy atom. The fourth-order valence-corrected chi connectivity index (χ4v) is 3.27. The van der Waals surface area contributed by atoms with E-state index in [0.29, 0.717) is 11.3 Å². The van der Waals surface area contributed by atoms with Crippen LogP contribution >= 0.6 is 15.9 Å². The van der Waals surface area contributed by atoms with Crippen LogP contribution in [0.25, 0.3) is 0 Å². The maximum Gasteiger partial charge on any atom is 0.253 e. The average Bonchev–Trinajstić information content (AvgIpc) is 2.94. The van der Waals surface area contributed by atoms with Gasteiger partial charge in [-0.3, -0.25) is 9.59 Å². The van der Waals surface area contributed by atoms with Gasteiger partial charge in [0, 0.05) is 17.4 Å². The summed E-state index contributed by atoms with van der Waals surface area (Å²) in [6.07, 6.45) is 4.08. The largest absolute Gasteiger partial charge is 0.355 e. The molecular weight excluding hydrogens is 320 g/mol. The zero-order chi connectivity index (χ0) is 14.7. The zero-order valence-corrected chi connectivity index (χ0v) is 13.3. The third kappa shape index (κ3) is 3.20. The summed E-state index contributed by atoms with van der Waals surface area (Å²) in [5.41, 5.74) is 2.02. The quantitative estimate of drug-likeness (QED) is 0.888. The minimum atomic E-state index is -0.198. The molecule has 1 saturated carbocycles. The van der Waals surface area contributed by atoms with Crippen molar-refractivity contribution >= 4 is 33.4 Å². The van der Waals surface area contributed by atoms with Crippen LogP contribution in [0, 0.1) is 12.8 Å². The molecule has 108 valence electrons. The van der Waals surface area contributed by atoms with E-state index in [4.69, 9.17) is 0 Å². The lowest BCUT2D eigenvalue weighted by Crippen LogP contribution is -2.25. The molecule has 0 aliphatic heterocycles. The lowest BCUT2D eigenvalue weighted by atomic mass is 10.1. The monoisotopic (exact) mass is 338 g/mol. The summed E-state index contributed by atoms with van der Waals surface area (Å²) in [6.45, 7) is 1.92. The SMILES string of the molecule is CNC(=O)c1cc(C)cc(Br)c1NC(=O)C1CCCC1. The van der Waals surface area contributed by atoms with E-state index in [1.807, 2.05) is 13.0 Å². The van der Waals surface area contributed by atoms with E-state index >= 15 is 0 Å². The van der Waals surface area contributed by atoms with Crippen LogP contribution in [-0.4, -0.2) is 18.9 Å². The van der Waals surface area contributed by atoms with Gasteiger partial charge in [0.2, 0.25) is 5.91 Å². The molecule has 0 bridgehead atoms. The maximum absolute atomic E-state index is 12.3. The van der Waals surface area contributed by atoms with Gasteiger partial charge in [0.25, 0.3) is 5.91 Å². The Bertz CT molecular complexity index is 537.